The van der Waals surface area contributed by atoms with E-state index in [2.05, 4.69) is 202 Å². The molecule has 0 spiro atoms. The molecule has 0 atom stereocenters. The van der Waals surface area contributed by atoms with Crippen molar-refractivity contribution in [2.75, 3.05) is 4.90 Å². The normalized spacial score (nSPS) is 15.2. The number of rotatable bonds is 3. The molecule has 0 fully saturated rings. The van der Waals surface area contributed by atoms with Gasteiger partial charge in [0.15, 0.2) is 0 Å². The van der Waals surface area contributed by atoms with Crippen LogP contribution in [0.5, 0.6) is 0 Å². The summed E-state index contributed by atoms with van der Waals surface area (Å²) in [6.45, 7) is 23.4. The molecule has 2 heterocycles. The van der Waals surface area contributed by atoms with Crippen molar-refractivity contribution in [1.29, 1.82) is 0 Å². The Kier molecular flexibility index (Phi) is 7.40. The zero-order valence-corrected chi connectivity index (χ0v) is 36.7. The first-order chi connectivity index (χ1) is 28.0. The lowest BCUT2D eigenvalue weighted by molar-refractivity contribution is 0.559. The molecule has 59 heavy (non-hydrogen) atoms. The van der Waals surface area contributed by atoms with Crippen LogP contribution in [0.2, 0.25) is 0 Å². The summed E-state index contributed by atoms with van der Waals surface area (Å²) in [5.74, 6) is 0. The van der Waals surface area contributed by atoms with E-state index in [0.717, 1.165) is 22.5 Å². The van der Waals surface area contributed by atoms with Gasteiger partial charge in [0, 0.05) is 64.4 Å². The fraction of sp³-hybridized carbons (Fsp3) is 0.250. The summed E-state index contributed by atoms with van der Waals surface area (Å²) in [7, 11) is 0. The Labute approximate surface area is 352 Å². The Balaban J connectivity index is 1.14. The zero-order valence-electron chi connectivity index (χ0n) is 35.9. The molecule has 292 valence electrons. The van der Waals surface area contributed by atoms with Gasteiger partial charge in [-0.15, -0.1) is 11.3 Å². The predicted molar refractivity (Wildman–Crippen MR) is 254 cm³/mol. The number of thiophene rings is 1. The molecule has 2 aromatic heterocycles. The van der Waals surface area contributed by atoms with Gasteiger partial charge in [0.25, 0.3) is 0 Å². The largest absolute Gasteiger partial charge is 0.456 e. The van der Waals surface area contributed by atoms with E-state index >= 15 is 0 Å². The third-order valence-corrected chi connectivity index (χ3v) is 14.8. The van der Waals surface area contributed by atoms with Gasteiger partial charge >= 0.3 is 0 Å². The van der Waals surface area contributed by atoms with Crippen LogP contribution in [0.25, 0.3) is 64.4 Å². The van der Waals surface area contributed by atoms with Gasteiger partial charge in [-0.1, -0.05) is 142 Å². The van der Waals surface area contributed by atoms with E-state index in [1.54, 1.807) is 0 Å². The molecule has 0 unspecified atom stereocenters. The Morgan fingerprint density at radius 1 is 0.492 bits per heavy atom. The van der Waals surface area contributed by atoms with Crippen molar-refractivity contribution in [3.8, 4) is 22.3 Å². The number of hydrogen-bond acceptors (Lipinski definition) is 3. The van der Waals surface area contributed by atoms with E-state index in [1.165, 1.54) is 92.3 Å². The quantitative estimate of drug-likeness (QED) is 0.177. The van der Waals surface area contributed by atoms with Gasteiger partial charge in [0.2, 0.25) is 0 Å². The Hall–Kier alpha value is -5.64. The first kappa shape index (κ1) is 36.4. The molecule has 9 aromatic rings. The van der Waals surface area contributed by atoms with Gasteiger partial charge in [0.05, 0.1) is 0 Å². The Bertz CT molecular complexity index is 3240. The highest BCUT2D eigenvalue weighted by Gasteiger charge is 2.40. The van der Waals surface area contributed by atoms with E-state index < -0.39 is 0 Å². The second kappa shape index (κ2) is 12.0. The van der Waals surface area contributed by atoms with Crippen LogP contribution in [0, 0.1) is 0 Å². The van der Waals surface area contributed by atoms with E-state index in [0.29, 0.717) is 0 Å². The number of fused-ring (bicyclic) bond motifs is 13. The average molecular weight is 786 g/mol. The van der Waals surface area contributed by atoms with Crippen LogP contribution in [-0.2, 0) is 21.7 Å². The van der Waals surface area contributed by atoms with Gasteiger partial charge in [-0.2, -0.15) is 0 Å². The van der Waals surface area contributed by atoms with Gasteiger partial charge in [-0.25, -0.2) is 0 Å². The molecule has 0 aliphatic heterocycles. The fourth-order valence-electron chi connectivity index (χ4n) is 10.5. The smallest absolute Gasteiger partial charge is 0.139 e. The summed E-state index contributed by atoms with van der Waals surface area (Å²) in [6, 6.07) is 48.5. The number of furan rings is 1. The van der Waals surface area contributed by atoms with Crippen LogP contribution in [0.4, 0.5) is 17.1 Å². The highest BCUT2D eigenvalue weighted by Crippen LogP contribution is 2.56. The minimum atomic E-state index is -0.233. The first-order valence-electron chi connectivity index (χ1n) is 21.2. The molecule has 2 nitrogen and oxygen atoms in total. The molecule has 0 radical (unpaired) electrons. The van der Waals surface area contributed by atoms with Crippen molar-refractivity contribution < 1.29 is 4.42 Å². The number of hydrogen-bond donors (Lipinski definition) is 0. The third-order valence-electron chi connectivity index (χ3n) is 13.7. The second-order valence-electron chi connectivity index (χ2n) is 20.2. The standard InChI is InChI=1S/C56H51NOS/c1-53(2,3)32-27-42-50-47(58-52(42)46(28-32)54(4,5)6)26-24-40-41-29-33(21-25-44(41)56(9,10)51(40)50)57(35-20-23-39-38-16-12-14-18-48(38)59-49(39)31-35)34-19-22-37-36-15-11-13-17-43(36)55(7,8)45(37)30-34/h11-31H,1-10H3. The lowest BCUT2D eigenvalue weighted by Crippen LogP contribution is -2.17. The van der Waals surface area contributed by atoms with Crippen LogP contribution in [0.1, 0.15) is 103 Å². The highest BCUT2D eigenvalue weighted by molar-refractivity contribution is 7.25. The van der Waals surface area contributed by atoms with Crippen LogP contribution in [-0.4, -0.2) is 0 Å². The Morgan fingerprint density at radius 3 is 1.93 bits per heavy atom. The number of benzene rings is 7. The van der Waals surface area contributed by atoms with Crippen LogP contribution in [0.3, 0.4) is 0 Å². The van der Waals surface area contributed by atoms with Crippen molar-refractivity contribution >= 4 is 70.5 Å². The summed E-state index contributed by atoms with van der Waals surface area (Å²) in [6.07, 6.45) is 0. The van der Waals surface area contributed by atoms with E-state index in [-0.39, 0.29) is 21.7 Å². The molecule has 7 aromatic carbocycles. The summed E-state index contributed by atoms with van der Waals surface area (Å²) < 4.78 is 9.52. The summed E-state index contributed by atoms with van der Waals surface area (Å²) in [4.78, 5) is 2.49. The maximum absolute atomic E-state index is 6.90. The fourth-order valence-corrected chi connectivity index (χ4v) is 11.7. The van der Waals surface area contributed by atoms with Crippen LogP contribution in [0.15, 0.2) is 132 Å². The van der Waals surface area contributed by atoms with Crippen molar-refractivity contribution in [3.63, 3.8) is 0 Å². The van der Waals surface area contributed by atoms with Crippen molar-refractivity contribution in [1.82, 2.24) is 0 Å². The van der Waals surface area contributed by atoms with E-state index in [4.69, 9.17) is 4.42 Å². The highest BCUT2D eigenvalue weighted by atomic mass is 32.1. The Morgan fingerprint density at radius 2 is 1.14 bits per heavy atom. The monoisotopic (exact) mass is 785 g/mol. The average Bonchev–Trinajstić information content (AvgIpc) is 3.89. The molecule has 0 saturated carbocycles. The lowest BCUT2D eigenvalue weighted by Gasteiger charge is -2.29. The SMILES string of the molecule is CC(C)(C)c1cc(C(C)(C)C)c2oc3ccc4c(c3c2c1)C(C)(C)c1ccc(N(c2ccc3c(c2)C(C)(C)c2ccccc2-3)c2ccc3c(c2)sc2ccccc23)cc1-4. The minimum absolute atomic E-state index is 0.000982. The molecule has 2 aliphatic carbocycles. The minimum Gasteiger partial charge on any atom is -0.456 e. The maximum atomic E-state index is 6.90. The van der Waals surface area contributed by atoms with Gasteiger partial charge in [-0.3, -0.25) is 0 Å². The third kappa shape index (κ3) is 5.16. The van der Waals surface area contributed by atoms with Gasteiger partial charge < -0.3 is 9.32 Å². The molecule has 3 heteroatoms. The maximum Gasteiger partial charge on any atom is 0.139 e. The molecule has 2 aliphatic rings. The molecule has 0 saturated heterocycles. The van der Waals surface area contributed by atoms with Gasteiger partial charge in [-0.05, 0) is 115 Å². The molecule has 0 N–H and O–H groups in total. The van der Waals surface area contributed by atoms with Crippen molar-refractivity contribution in [2.24, 2.45) is 0 Å². The molecular weight excluding hydrogens is 735 g/mol. The predicted octanol–water partition coefficient (Wildman–Crippen LogP) is 16.6. The van der Waals surface area contributed by atoms with E-state index in [9.17, 15) is 0 Å². The summed E-state index contributed by atoms with van der Waals surface area (Å²) in [5, 5.41) is 5.12. The van der Waals surface area contributed by atoms with Crippen molar-refractivity contribution in [2.45, 2.75) is 90.9 Å². The summed E-state index contributed by atoms with van der Waals surface area (Å²) >= 11 is 1.88. The number of nitrogens with zero attached hydrogens (tertiary/aromatic N) is 1. The first-order valence-corrected chi connectivity index (χ1v) is 22.0. The lowest BCUT2D eigenvalue weighted by atomic mass is 9.77. The van der Waals surface area contributed by atoms with Crippen molar-refractivity contribution in [3.05, 3.63) is 161 Å². The van der Waals surface area contributed by atoms with Gasteiger partial charge in [0.1, 0.15) is 11.2 Å². The molecule has 11 rings (SSSR count). The zero-order chi connectivity index (χ0) is 41.0. The van der Waals surface area contributed by atoms with E-state index in [1.807, 2.05) is 11.3 Å². The summed E-state index contributed by atoms with van der Waals surface area (Å²) in [5.41, 5.74) is 18.4. The number of anilines is 3. The van der Waals surface area contributed by atoms with Crippen LogP contribution >= 0.6 is 11.3 Å². The topological polar surface area (TPSA) is 16.4 Å². The second-order valence-corrected chi connectivity index (χ2v) is 21.3. The molecule has 0 amide bonds. The van der Waals surface area contributed by atoms with Crippen LogP contribution < -0.4 is 4.90 Å². The molecule has 0 bridgehead atoms. The molecular formula is C56H51NOS.